The van der Waals surface area contributed by atoms with Gasteiger partial charge in [-0.2, -0.15) is 5.26 Å². The molecule has 0 aliphatic carbocycles. The molecule has 2 heterocycles. The largest absolute Gasteiger partial charge is 0.367 e. The SMILES string of the molecule is N#Cc1nccnc1NCC1CCS(=O)(=O)C1. The predicted molar refractivity (Wildman–Crippen MR) is 62.0 cm³/mol. The van der Waals surface area contributed by atoms with Crippen molar-refractivity contribution < 1.29 is 8.42 Å². The van der Waals surface area contributed by atoms with Gasteiger partial charge in [-0.3, -0.25) is 0 Å². The van der Waals surface area contributed by atoms with Crippen molar-refractivity contribution in [3.05, 3.63) is 18.1 Å². The van der Waals surface area contributed by atoms with Gasteiger partial charge in [0.1, 0.15) is 6.07 Å². The zero-order valence-electron chi connectivity index (χ0n) is 9.13. The average Bonchev–Trinajstić information content (AvgIpc) is 2.67. The van der Waals surface area contributed by atoms with Crippen LogP contribution in [0.3, 0.4) is 0 Å². The highest BCUT2D eigenvalue weighted by Gasteiger charge is 2.27. The fraction of sp³-hybridized carbons (Fsp3) is 0.500. The third-order valence-corrected chi connectivity index (χ3v) is 4.53. The van der Waals surface area contributed by atoms with Crippen LogP contribution in [-0.4, -0.2) is 36.4 Å². The highest BCUT2D eigenvalue weighted by molar-refractivity contribution is 7.91. The zero-order valence-corrected chi connectivity index (χ0v) is 9.94. The molecule has 1 aliphatic rings. The van der Waals surface area contributed by atoms with Crippen molar-refractivity contribution in [3.8, 4) is 6.07 Å². The van der Waals surface area contributed by atoms with Gasteiger partial charge >= 0.3 is 0 Å². The van der Waals surface area contributed by atoms with Crippen molar-refractivity contribution >= 4 is 15.7 Å². The van der Waals surface area contributed by atoms with Gasteiger partial charge in [-0.15, -0.1) is 0 Å². The quantitative estimate of drug-likeness (QED) is 0.825. The van der Waals surface area contributed by atoms with Crippen molar-refractivity contribution in [1.82, 2.24) is 9.97 Å². The molecule has 1 aromatic rings. The lowest BCUT2D eigenvalue weighted by Gasteiger charge is -2.10. The summed E-state index contributed by atoms with van der Waals surface area (Å²) in [6.07, 6.45) is 3.61. The van der Waals surface area contributed by atoms with Gasteiger partial charge in [0.2, 0.25) is 0 Å². The molecular weight excluding hydrogens is 240 g/mol. The van der Waals surface area contributed by atoms with E-state index in [0.29, 0.717) is 18.8 Å². The van der Waals surface area contributed by atoms with E-state index < -0.39 is 9.84 Å². The third kappa shape index (κ3) is 2.91. The molecule has 1 fully saturated rings. The molecule has 1 atom stereocenters. The smallest absolute Gasteiger partial charge is 0.182 e. The Morgan fingerprint density at radius 3 is 2.88 bits per heavy atom. The van der Waals surface area contributed by atoms with Crippen molar-refractivity contribution in [3.63, 3.8) is 0 Å². The molecule has 1 N–H and O–H groups in total. The Kier molecular flexibility index (Phi) is 3.24. The van der Waals surface area contributed by atoms with E-state index in [9.17, 15) is 8.42 Å². The van der Waals surface area contributed by atoms with Crippen LogP contribution in [0.15, 0.2) is 12.4 Å². The molecule has 0 amide bonds. The van der Waals surface area contributed by atoms with Crippen molar-refractivity contribution in [1.29, 1.82) is 5.26 Å². The summed E-state index contributed by atoms with van der Waals surface area (Å²) < 4.78 is 22.5. The van der Waals surface area contributed by atoms with Crippen LogP contribution in [0.1, 0.15) is 12.1 Å². The number of aromatic nitrogens is 2. The number of hydrogen-bond donors (Lipinski definition) is 1. The molecule has 1 aromatic heterocycles. The number of sulfone groups is 1. The Hall–Kier alpha value is -1.68. The van der Waals surface area contributed by atoms with Crippen LogP contribution in [0.25, 0.3) is 0 Å². The second-order valence-electron chi connectivity index (χ2n) is 4.02. The Bertz CT molecular complexity index is 550. The fourth-order valence-corrected chi connectivity index (χ4v) is 3.69. The molecule has 1 saturated heterocycles. The van der Waals surface area contributed by atoms with Gasteiger partial charge < -0.3 is 5.32 Å². The Morgan fingerprint density at radius 2 is 2.24 bits per heavy atom. The number of anilines is 1. The van der Waals surface area contributed by atoms with Crippen LogP contribution in [0, 0.1) is 17.2 Å². The van der Waals surface area contributed by atoms with Crippen LogP contribution in [0.4, 0.5) is 5.82 Å². The summed E-state index contributed by atoms with van der Waals surface area (Å²) in [5.41, 5.74) is 0.230. The molecule has 7 heteroatoms. The van der Waals surface area contributed by atoms with E-state index in [2.05, 4.69) is 15.3 Å². The predicted octanol–water partition coefficient (Wildman–Crippen LogP) is 0.195. The first-order valence-corrected chi connectivity index (χ1v) is 7.08. The summed E-state index contributed by atoms with van der Waals surface area (Å²) in [5.74, 6) is 0.973. The molecule has 0 bridgehead atoms. The molecule has 0 spiro atoms. The van der Waals surface area contributed by atoms with Crippen LogP contribution < -0.4 is 5.32 Å². The normalized spacial score (nSPS) is 21.9. The highest BCUT2D eigenvalue weighted by atomic mass is 32.2. The van der Waals surface area contributed by atoms with Crippen molar-refractivity contribution in [2.24, 2.45) is 5.92 Å². The van der Waals surface area contributed by atoms with E-state index in [4.69, 9.17) is 5.26 Å². The lowest BCUT2D eigenvalue weighted by molar-refractivity contribution is 0.595. The molecule has 0 saturated carbocycles. The zero-order chi connectivity index (χ0) is 12.3. The lowest BCUT2D eigenvalue weighted by atomic mass is 10.1. The minimum absolute atomic E-state index is 0.0912. The lowest BCUT2D eigenvalue weighted by Crippen LogP contribution is -2.17. The number of hydrogen-bond acceptors (Lipinski definition) is 6. The molecule has 1 unspecified atom stereocenters. The summed E-state index contributed by atoms with van der Waals surface area (Å²) in [4.78, 5) is 7.87. The van der Waals surface area contributed by atoms with Gasteiger partial charge in [-0.25, -0.2) is 18.4 Å². The Morgan fingerprint density at radius 1 is 1.47 bits per heavy atom. The van der Waals surface area contributed by atoms with Crippen molar-refractivity contribution in [2.75, 3.05) is 23.4 Å². The summed E-state index contributed by atoms with van der Waals surface area (Å²) in [7, 11) is -2.86. The topological polar surface area (TPSA) is 95.7 Å². The Labute approximate surface area is 99.6 Å². The Balaban J connectivity index is 1.97. The first-order valence-electron chi connectivity index (χ1n) is 5.26. The van der Waals surface area contributed by atoms with Gasteiger partial charge in [0.25, 0.3) is 0 Å². The van der Waals surface area contributed by atoms with Crippen LogP contribution in [0.5, 0.6) is 0 Å². The summed E-state index contributed by atoms with van der Waals surface area (Å²) >= 11 is 0. The summed E-state index contributed by atoms with van der Waals surface area (Å²) in [5, 5.41) is 11.8. The minimum atomic E-state index is -2.86. The second kappa shape index (κ2) is 4.67. The van der Waals surface area contributed by atoms with Crippen LogP contribution in [-0.2, 0) is 9.84 Å². The third-order valence-electron chi connectivity index (χ3n) is 2.69. The summed E-state index contributed by atoms with van der Waals surface area (Å²) in [6.45, 7) is 0.507. The first-order chi connectivity index (χ1) is 8.11. The molecule has 90 valence electrons. The van der Waals surface area contributed by atoms with Crippen LogP contribution >= 0.6 is 0 Å². The van der Waals surface area contributed by atoms with Gasteiger partial charge in [0, 0.05) is 18.9 Å². The average molecular weight is 252 g/mol. The molecule has 2 rings (SSSR count). The van der Waals surface area contributed by atoms with E-state index in [1.54, 1.807) is 0 Å². The molecule has 1 aliphatic heterocycles. The second-order valence-corrected chi connectivity index (χ2v) is 6.24. The van der Waals surface area contributed by atoms with E-state index in [-0.39, 0.29) is 23.1 Å². The van der Waals surface area contributed by atoms with Gasteiger partial charge in [0.15, 0.2) is 21.3 Å². The molecule has 0 radical (unpaired) electrons. The molecule has 0 aromatic carbocycles. The van der Waals surface area contributed by atoms with Gasteiger partial charge in [-0.05, 0) is 12.3 Å². The maximum absolute atomic E-state index is 11.3. The van der Waals surface area contributed by atoms with E-state index in [1.165, 1.54) is 12.4 Å². The number of nitrogens with zero attached hydrogens (tertiary/aromatic N) is 3. The maximum Gasteiger partial charge on any atom is 0.182 e. The minimum Gasteiger partial charge on any atom is -0.367 e. The van der Waals surface area contributed by atoms with E-state index in [0.717, 1.165) is 0 Å². The maximum atomic E-state index is 11.3. The first kappa shape index (κ1) is 11.8. The number of rotatable bonds is 3. The van der Waals surface area contributed by atoms with Gasteiger partial charge in [0.05, 0.1) is 11.5 Å². The molecular formula is C10H12N4O2S. The number of nitrogens with one attached hydrogen (secondary N) is 1. The molecule has 17 heavy (non-hydrogen) atoms. The van der Waals surface area contributed by atoms with E-state index in [1.807, 2.05) is 6.07 Å². The fourth-order valence-electron chi connectivity index (χ4n) is 1.82. The highest BCUT2D eigenvalue weighted by Crippen LogP contribution is 2.19. The standard InChI is InChI=1S/C10H12N4O2S/c11-5-9-10(13-3-2-12-9)14-6-8-1-4-17(15,16)7-8/h2-3,8H,1,4,6-7H2,(H,13,14). The number of nitriles is 1. The van der Waals surface area contributed by atoms with E-state index >= 15 is 0 Å². The molecule has 6 nitrogen and oxygen atoms in total. The van der Waals surface area contributed by atoms with Gasteiger partial charge in [-0.1, -0.05) is 0 Å². The summed E-state index contributed by atoms with van der Waals surface area (Å²) in [6, 6.07) is 1.93. The monoisotopic (exact) mass is 252 g/mol. The van der Waals surface area contributed by atoms with Crippen LogP contribution in [0.2, 0.25) is 0 Å². The van der Waals surface area contributed by atoms with Crippen molar-refractivity contribution in [2.45, 2.75) is 6.42 Å².